The topological polar surface area (TPSA) is 119 Å². The number of nitrogens with two attached hydrogens (primary N) is 1. The minimum atomic E-state index is -0.391. The summed E-state index contributed by atoms with van der Waals surface area (Å²) in [5, 5.41) is 18.7. The average Bonchev–Trinajstić information content (AvgIpc) is 2.75. The van der Waals surface area contributed by atoms with Crippen molar-refractivity contribution in [3.63, 3.8) is 0 Å². The summed E-state index contributed by atoms with van der Waals surface area (Å²) in [6.45, 7) is 1.80. The van der Waals surface area contributed by atoms with Crippen molar-refractivity contribution in [2.45, 2.75) is 6.92 Å². The van der Waals surface area contributed by atoms with Crippen molar-refractivity contribution in [1.29, 1.82) is 0 Å². The zero-order valence-corrected chi connectivity index (χ0v) is 9.65. The number of hydrogen-bond donors (Lipinski definition) is 3. The summed E-state index contributed by atoms with van der Waals surface area (Å²) in [6.07, 6.45) is 0. The lowest BCUT2D eigenvalue weighted by atomic mass is 10.3. The van der Waals surface area contributed by atoms with Crippen LogP contribution in [0, 0.1) is 6.92 Å². The molecule has 2 heterocycles. The molecule has 0 radical (unpaired) electrons. The minimum Gasteiger partial charge on any atom is -0.307 e. The molecule has 0 bridgehead atoms. The van der Waals surface area contributed by atoms with Gasteiger partial charge in [-0.05, 0) is 19.1 Å². The lowest BCUT2D eigenvalue weighted by molar-refractivity contribution is 0.102. The number of nitrogens with one attached hydrogen (secondary N) is 2. The van der Waals surface area contributed by atoms with Crippen LogP contribution in [0.1, 0.15) is 15.5 Å². The van der Waals surface area contributed by atoms with Crippen LogP contribution >= 0.6 is 11.3 Å². The van der Waals surface area contributed by atoms with Gasteiger partial charge in [-0.2, -0.15) is 0 Å². The van der Waals surface area contributed by atoms with Crippen LogP contribution in [0.4, 0.5) is 10.9 Å². The summed E-state index contributed by atoms with van der Waals surface area (Å²) < 4.78 is 0. The van der Waals surface area contributed by atoms with E-state index >= 15 is 0 Å². The van der Waals surface area contributed by atoms with Gasteiger partial charge in [0.2, 0.25) is 5.13 Å². The van der Waals surface area contributed by atoms with Gasteiger partial charge in [-0.25, -0.2) is 5.84 Å². The molecule has 4 N–H and O–H groups in total. The van der Waals surface area contributed by atoms with E-state index in [1.165, 1.54) is 17.4 Å². The third-order valence-electron chi connectivity index (χ3n) is 1.79. The molecule has 88 valence electrons. The van der Waals surface area contributed by atoms with E-state index in [1.54, 1.807) is 13.0 Å². The van der Waals surface area contributed by atoms with Crippen LogP contribution in [0.5, 0.6) is 0 Å². The number of amides is 1. The van der Waals surface area contributed by atoms with Crippen LogP contribution in [-0.4, -0.2) is 26.3 Å². The first-order chi connectivity index (χ1) is 8.19. The maximum Gasteiger partial charge on any atom is 0.278 e. The van der Waals surface area contributed by atoms with E-state index in [0.717, 1.165) is 5.01 Å². The van der Waals surface area contributed by atoms with Gasteiger partial charge < -0.3 is 5.43 Å². The van der Waals surface area contributed by atoms with E-state index in [4.69, 9.17) is 5.84 Å². The Bertz CT molecular complexity index is 523. The van der Waals surface area contributed by atoms with E-state index in [-0.39, 0.29) is 5.69 Å². The highest BCUT2D eigenvalue weighted by atomic mass is 32.1. The lowest BCUT2D eigenvalue weighted by Gasteiger charge is -2.00. The fraction of sp³-hybridized carbons (Fsp3) is 0.125. The van der Waals surface area contributed by atoms with Crippen molar-refractivity contribution >= 4 is 28.2 Å². The van der Waals surface area contributed by atoms with Gasteiger partial charge in [0.1, 0.15) is 5.01 Å². The number of aromatic nitrogens is 4. The second-order valence-corrected chi connectivity index (χ2v) is 4.21. The molecule has 0 saturated carbocycles. The zero-order chi connectivity index (χ0) is 12.3. The standard InChI is InChI=1S/C8H9N7OS/c1-4-12-15-8(17-4)10-7(16)5-2-3-6(11-9)14-13-5/h2-3H,9H2,1H3,(H,11,14)(H,10,15,16). The highest BCUT2D eigenvalue weighted by molar-refractivity contribution is 7.15. The minimum absolute atomic E-state index is 0.178. The summed E-state index contributed by atoms with van der Waals surface area (Å²) in [4.78, 5) is 11.7. The summed E-state index contributed by atoms with van der Waals surface area (Å²) >= 11 is 1.28. The van der Waals surface area contributed by atoms with Gasteiger partial charge in [0, 0.05) is 0 Å². The van der Waals surface area contributed by atoms with Gasteiger partial charge in [-0.3, -0.25) is 10.1 Å². The third kappa shape index (κ3) is 2.71. The molecule has 9 heteroatoms. The molecule has 0 fully saturated rings. The molecule has 0 unspecified atom stereocenters. The highest BCUT2D eigenvalue weighted by Gasteiger charge is 2.10. The van der Waals surface area contributed by atoms with Gasteiger partial charge in [-0.1, -0.05) is 11.3 Å². The molecule has 2 aromatic rings. The molecule has 0 aliphatic heterocycles. The maximum absolute atomic E-state index is 11.7. The van der Waals surface area contributed by atoms with E-state index < -0.39 is 5.91 Å². The zero-order valence-electron chi connectivity index (χ0n) is 8.84. The molecule has 0 saturated heterocycles. The van der Waals surface area contributed by atoms with Crippen LogP contribution in [-0.2, 0) is 0 Å². The van der Waals surface area contributed by atoms with Crippen LogP contribution in [0.15, 0.2) is 12.1 Å². The number of carbonyl (C=O) groups excluding carboxylic acids is 1. The van der Waals surface area contributed by atoms with Crippen molar-refractivity contribution in [3.8, 4) is 0 Å². The van der Waals surface area contributed by atoms with Crippen molar-refractivity contribution in [2.24, 2.45) is 5.84 Å². The van der Waals surface area contributed by atoms with Crippen LogP contribution in [0.3, 0.4) is 0 Å². The second kappa shape index (κ2) is 4.80. The fourth-order valence-corrected chi connectivity index (χ4v) is 1.63. The number of nitrogen functional groups attached to an aromatic ring is 1. The first kappa shape index (κ1) is 11.4. The Morgan fingerprint density at radius 3 is 2.65 bits per heavy atom. The third-order valence-corrected chi connectivity index (χ3v) is 2.55. The predicted molar refractivity (Wildman–Crippen MR) is 62.4 cm³/mol. The number of hydrazine groups is 1. The Hall–Kier alpha value is -2.13. The quantitative estimate of drug-likeness (QED) is 0.525. The Kier molecular flexibility index (Phi) is 3.21. The Balaban J connectivity index is 2.09. The largest absolute Gasteiger partial charge is 0.307 e. The first-order valence-electron chi connectivity index (χ1n) is 4.61. The van der Waals surface area contributed by atoms with Gasteiger partial charge in [0.15, 0.2) is 11.5 Å². The first-order valence-corrected chi connectivity index (χ1v) is 5.42. The summed E-state index contributed by atoms with van der Waals surface area (Å²) in [6, 6.07) is 3.05. The van der Waals surface area contributed by atoms with Crippen molar-refractivity contribution in [1.82, 2.24) is 20.4 Å². The summed E-state index contributed by atoms with van der Waals surface area (Å²) in [5.41, 5.74) is 2.50. The van der Waals surface area contributed by atoms with Crippen LogP contribution < -0.4 is 16.6 Å². The number of nitrogens with zero attached hydrogens (tertiary/aromatic N) is 4. The average molecular weight is 251 g/mol. The monoisotopic (exact) mass is 251 g/mol. The van der Waals surface area contributed by atoms with E-state index in [1.807, 2.05) is 0 Å². The molecule has 17 heavy (non-hydrogen) atoms. The Morgan fingerprint density at radius 2 is 2.12 bits per heavy atom. The fourth-order valence-electron chi connectivity index (χ4n) is 1.04. The molecule has 2 aromatic heterocycles. The summed E-state index contributed by atoms with van der Waals surface area (Å²) in [7, 11) is 0. The molecule has 1 amide bonds. The van der Waals surface area contributed by atoms with Gasteiger partial charge >= 0.3 is 0 Å². The summed E-state index contributed by atoms with van der Waals surface area (Å²) in [5.74, 6) is 5.12. The Labute approximate surface area is 100 Å². The second-order valence-electron chi connectivity index (χ2n) is 3.03. The Morgan fingerprint density at radius 1 is 1.29 bits per heavy atom. The van der Waals surface area contributed by atoms with Crippen molar-refractivity contribution < 1.29 is 4.79 Å². The number of aryl methyl sites for hydroxylation is 1. The molecular formula is C8H9N7OS. The molecule has 0 aliphatic carbocycles. The van der Waals surface area contributed by atoms with Gasteiger partial charge in [-0.15, -0.1) is 20.4 Å². The molecule has 0 aromatic carbocycles. The molecule has 8 nitrogen and oxygen atoms in total. The highest BCUT2D eigenvalue weighted by Crippen LogP contribution is 2.14. The number of hydrogen-bond acceptors (Lipinski definition) is 8. The lowest BCUT2D eigenvalue weighted by Crippen LogP contribution is -2.15. The number of anilines is 2. The van der Waals surface area contributed by atoms with Gasteiger partial charge in [0.25, 0.3) is 5.91 Å². The van der Waals surface area contributed by atoms with Gasteiger partial charge in [0.05, 0.1) is 0 Å². The van der Waals surface area contributed by atoms with Crippen molar-refractivity contribution in [2.75, 3.05) is 10.7 Å². The van der Waals surface area contributed by atoms with Crippen molar-refractivity contribution in [3.05, 3.63) is 22.8 Å². The molecule has 0 aliphatic rings. The molecule has 2 rings (SSSR count). The van der Waals surface area contributed by atoms with Crippen LogP contribution in [0.25, 0.3) is 0 Å². The number of carbonyl (C=O) groups is 1. The predicted octanol–water partition coefficient (Wildman–Crippen LogP) is 0.174. The molecule has 0 atom stereocenters. The smallest absolute Gasteiger partial charge is 0.278 e. The number of rotatable bonds is 3. The van der Waals surface area contributed by atoms with E-state index in [2.05, 4.69) is 31.1 Å². The SMILES string of the molecule is Cc1nnc(NC(=O)c2ccc(NN)nn2)s1. The van der Waals surface area contributed by atoms with Crippen LogP contribution in [0.2, 0.25) is 0 Å². The van der Waals surface area contributed by atoms with E-state index in [9.17, 15) is 4.79 Å². The molecular weight excluding hydrogens is 242 g/mol. The molecule has 0 spiro atoms. The maximum atomic E-state index is 11.7. The van der Waals surface area contributed by atoms with E-state index in [0.29, 0.717) is 10.9 Å². The normalized spacial score (nSPS) is 10.0.